The van der Waals surface area contributed by atoms with E-state index in [2.05, 4.69) is 25.3 Å². The zero-order valence-electron chi connectivity index (χ0n) is 23.1. The molecule has 2 N–H and O–H groups in total. The Labute approximate surface area is 238 Å². The molecular formula is C28H29F5N4O5. The molecule has 0 radical (unpaired) electrons. The monoisotopic (exact) mass is 596 g/mol. The number of rotatable bonds is 10. The van der Waals surface area contributed by atoms with Crippen molar-refractivity contribution in [2.45, 2.75) is 58.5 Å². The van der Waals surface area contributed by atoms with Gasteiger partial charge in [0.2, 0.25) is 5.88 Å². The molecule has 0 saturated heterocycles. The second-order valence-electron chi connectivity index (χ2n) is 9.92. The molecular weight excluding hydrogens is 567 g/mol. The van der Waals surface area contributed by atoms with Gasteiger partial charge in [-0.3, -0.25) is 15.1 Å². The Hall–Kier alpha value is -4.49. The fourth-order valence-corrected chi connectivity index (χ4v) is 3.55. The molecule has 226 valence electrons. The number of hydrogen-bond donors (Lipinski definition) is 2. The molecule has 2 amide bonds. The Morgan fingerprint density at radius 3 is 2.38 bits per heavy atom. The summed E-state index contributed by atoms with van der Waals surface area (Å²) in [6.45, 7) is 7.21. The summed E-state index contributed by atoms with van der Waals surface area (Å²) in [7, 11) is 0. The van der Waals surface area contributed by atoms with E-state index in [1.807, 2.05) is 6.92 Å². The number of aromatic nitrogens is 2. The Morgan fingerprint density at radius 2 is 1.76 bits per heavy atom. The summed E-state index contributed by atoms with van der Waals surface area (Å²) in [6, 6.07) is 4.53. The highest BCUT2D eigenvalue weighted by Crippen LogP contribution is 2.31. The predicted molar refractivity (Wildman–Crippen MR) is 141 cm³/mol. The minimum absolute atomic E-state index is 0.00765. The molecule has 2 aromatic heterocycles. The molecule has 0 bridgehead atoms. The third-order valence-electron chi connectivity index (χ3n) is 5.34. The van der Waals surface area contributed by atoms with Crippen molar-refractivity contribution in [3.63, 3.8) is 0 Å². The highest BCUT2D eigenvalue weighted by atomic mass is 19.4. The van der Waals surface area contributed by atoms with Crippen LogP contribution in [-0.4, -0.2) is 40.5 Å². The maximum atomic E-state index is 14.8. The van der Waals surface area contributed by atoms with Gasteiger partial charge in [0.05, 0.1) is 18.2 Å². The van der Waals surface area contributed by atoms with Crippen LogP contribution in [0.3, 0.4) is 0 Å². The number of ether oxygens (including phenoxy) is 3. The predicted octanol–water partition coefficient (Wildman–Crippen LogP) is 6.70. The largest absolute Gasteiger partial charge is 0.573 e. The normalized spacial score (nSPS) is 12.3. The van der Waals surface area contributed by atoms with E-state index in [1.165, 1.54) is 18.3 Å². The van der Waals surface area contributed by atoms with E-state index in [1.54, 1.807) is 20.8 Å². The molecule has 0 aliphatic heterocycles. The Kier molecular flexibility index (Phi) is 10.3. The second-order valence-corrected chi connectivity index (χ2v) is 9.92. The van der Waals surface area contributed by atoms with E-state index in [-0.39, 0.29) is 35.0 Å². The van der Waals surface area contributed by atoms with E-state index in [4.69, 9.17) is 9.47 Å². The SMILES string of the molecule is CCCCOc1ncc(C(=O)N[C@@H](c2ccc(OC(F)(F)F)c(F)c2)c2ncccc2F)cc1NC(=O)OC(C)(C)C. The quantitative estimate of drug-likeness (QED) is 0.198. The van der Waals surface area contributed by atoms with Crippen LogP contribution in [0.5, 0.6) is 11.6 Å². The van der Waals surface area contributed by atoms with Gasteiger partial charge in [-0.1, -0.05) is 19.4 Å². The number of alkyl halides is 3. The van der Waals surface area contributed by atoms with Gasteiger partial charge in [0.25, 0.3) is 5.91 Å². The summed E-state index contributed by atoms with van der Waals surface area (Å²) in [6.07, 6.45) is -2.10. The third-order valence-corrected chi connectivity index (χ3v) is 5.34. The zero-order valence-corrected chi connectivity index (χ0v) is 23.1. The van der Waals surface area contributed by atoms with E-state index >= 15 is 0 Å². The van der Waals surface area contributed by atoms with E-state index < -0.39 is 47.4 Å². The molecule has 2 heterocycles. The average molecular weight is 597 g/mol. The molecule has 3 aromatic rings. The summed E-state index contributed by atoms with van der Waals surface area (Å²) in [5, 5.41) is 4.99. The van der Waals surface area contributed by atoms with Gasteiger partial charge in [-0.2, -0.15) is 0 Å². The van der Waals surface area contributed by atoms with Gasteiger partial charge >= 0.3 is 12.5 Å². The lowest BCUT2D eigenvalue weighted by atomic mass is 10.0. The number of unbranched alkanes of at least 4 members (excludes halogenated alkanes) is 1. The standard InChI is InChI=1S/C28H29F5N4O5/c1-5-6-12-40-25-20(36-26(39)42-27(2,3)4)14-17(15-35-25)24(38)37-22(23-18(29)8-7-11-34-23)16-9-10-21(19(30)13-16)41-28(31,32)33/h7-11,13-15,22H,5-6,12H2,1-4H3,(H,36,39)(H,37,38)/t22-/m0/s1. The summed E-state index contributed by atoms with van der Waals surface area (Å²) in [5.41, 5.74) is -1.41. The highest BCUT2D eigenvalue weighted by molar-refractivity contribution is 5.97. The minimum Gasteiger partial charge on any atom is -0.476 e. The van der Waals surface area contributed by atoms with Crippen molar-refractivity contribution in [2.24, 2.45) is 0 Å². The summed E-state index contributed by atoms with van der Waals surface area (Å²) >= 11 is 0. The van der Waals surface area contributed by atoms with Crippen LogP contribution in [0.15, 0.2) is 48.8 Å². The molecule has 1 atom stereocenters. The number of nitrogens with zero attached hydrogens (tertiary/aromatic N) is 2. The number of amides is 2. The van der Waals surface area contributed by atoms with Crippen molar-refractivity contribution in [1.82, 2.24) is 15.3 Å². The van der Waals surface area contributed by atoms with E-state index in [9.17, 15) is 31.5 Å². The lowest BCUT2D eigenvalue weighted by Crippen LogP contribution is -2.31. The molecule has 0 saturated carbocycles. The lowest BCUT2D eigenvalue weighted by molar-refractivity contribution is -0.275. The maximum Gasteiger partial charge on any atom is 0.573 e. The summed E-state index contributed by atoms with van der Waals surface area (Å²) in [5.74, 6) is -4.23. The fourth-order valence-electron chi connectivity index (χ4n) is 3.55. The summed E-state index contributed by atoms with van der Waals surface area (Å²) in [4.78, 5) is 33.8. The molecule has 0 spiro atoms. The van der Waals surface area contributed by atoms with Gasteiger partial charge in [0.1, 0.15) is 22.8 Å². The smallest absolute Gasteiger partial charge is 0.476 e. The first-order valence-corrected chi connectivity index (χ1v) is 12.8. The highest BCUT2D eigenvalue weighted by Gasteiger charge is 2.33. The minimum atomic E-state index is -5.15. The van der Waals surface area contributed by atoms with Crippen LogP contribution >= 0.6 is 0 Å². The van der Waals surface area contributed by atoms with Crippen molar-refractivity contribution < 1.29 is 45.8 Å². The molecule has 0 fully saturated rings. The number of nitrogens with one attached hydrogen (secondary N) is 2. The van der Waals surface area contributed by atoms with Gasteiger partial charge in [0, 0.05) is 12.4 Å². The Balaban J connectivity index is 1.97. The zero-order chi connectivity index (χ0) is 31.1. The van der Waals surface area contributed by atoms with Crippen molar-refractivity contribution >= 4 is 17.7 Å². The number of anilines is 1. The Bertz CT molecular complexity index is 1410. The number of carbonyl (C=O) groups excluding carboxylic acids is 2. The van der Waals surface area contributed by atoms with Crippen molar-refractivity contribution in [3.8, 4) is 11.6 Å². The van der Waals surface area contributed by atoms with Crippen LogP contribution in [0, 0.1) is 11.6 Å². The van der Waals surface area contributed by atoms with Gasteiger partial charge in [0.15, 0.2) is 11.6 Å². The topological polar surface area (TPSA) is 112 Å². The molecule has 1 aromatic carbocycles. The number of benzene rings is 1. The van der Waals surface area contributed by atoms with Crippen LogP contribution in [0.25, 0.3) is 0 Å². The van der Waals surface area contributed by atoms with Crippen LogP contribution in [0.2, 0.25) is 0 Å². The Morgan fingerprint density at radius 1 is 1.02 bits per heavy atom. The first kappa shape index (κ1) is 32.0. The molecule has 14 heteroatoms. The summed E-state index contributed by atoms with van der Waals surface area (Å²) < 4.78 is 81.7. The van der Waals surface area contributed by atoms with Crippen LogP contribution in [0.4, 0.5) is 32.4 Å². The van der Waals surface area contributed by atoms with E-state index in [0.717, 1.165) is 24.8 Å². The molecule has 0 aliphatic rings. The lowest BCUT2D eigenvalue weighted by Gasteiger charge is -2.21. The average Bonchev–Trinajstić information content (AvgIpc) is 2.88. The van der Waals surface area contributed by atoms with Crippen LogP contribution in [-0.2, 0) is 4.74 Å². The number of hydrogen-bond acceptors (Lipinski definition) is 7. The second kappa shape index (κ2) is 13.4. The van der Waals surface area contributed by atoms with Crippen molar-refractivity contribution in [2.75, 3.05) is 11.9 Å². The first-order valence-electron chi connectivity index (χ1n) is 12.8. The molecule has 42 heavy (non-hydrogen) atoms. The molecule has 0 unspecified atom stereocenters. The third kappa shape index (κ3) is 9.28. The molecule has 3 rings (SSSR count). The van der Waals surface area contributed by atoms with Crippen LogP contribution in [0.1, 0.15) is 68.2 Å². The number of halogens is 5. The van der Waals surface area contributed by atoms with Gasteiger partial charge < -0.3 is 19.5 Å². The first-order chi connectivity index (χ1) is 19.7. The number of carbonyl (C=O) groups is 2. The molecule has 9 nitrogen and oxygen atoms in total. The van der Waals surface area contributed by atoms with Crippen molar-refractivity contribution in [3.05, 3.63) is 77.2 Å². The van der Waals surface area contributed by atoms with Gasteiger partial charge in [-0.05, 0) is 63.1 Å². The fraction of sp³-hybridized carbons (Fsp3) is 0.357. The van der Waals surface area contributed by atoms with Gasteiger partial charge in [-0.25, -0.2) is 18.6 Å². The maximum absolute atomic E-state index is 14.8. The number of pyridine rings is 2. The van der Waals surface area contributed by atoms with E-state index in [0.29, 0.717) is 18.6 Å². The molecule has 0 aliphatic carbocycles. The van der Waals surface area contributed by atoms with Gasteiger partial charge in [-0.15, -0.1) is 13.2 Å². The van der Waals surface area contributed by atoms with Crippen molar-refractivity contribution in [1.29, 1.82) is 0 Å². The van der Waals surface area contributed by atoms with Crippen LogP contribution < -0.4 is 20.1 Å².